The molecule has 17 heavy (non-hydrogen) atoms. The molecule has 0 saturated heterocycles. The van der Waals surface area contributed by atoms with Crippen molar-refractivity contribution in [1.82, 2.24) is 5.32 Å². The quantitative estimate of drug-likeness (QED) is 0.784. The molecule has 1 amide bonds. The molecule has 0 fully saturated rings. The number of carbonyl (C=O) groups is 1. The van der Waals surface area contributed by atoms with Gasteiger partial charge >= 0.3 is 0 Å². The van der Waals surface area contributed by atoms with Gasteiger partial charge in [0.15, 0.2) is 0 Å². The standard InChI is InChI=1S/C13H19NO3/c1-3-12(8-15)14-13(16)11-6-4-5-10(7-11)9-17-2/h4-7,12,15H,3,8-9H2,1-2H3,(H,14,16). The Morgan fingerprint density at radius 2 is 2.29 bits per heavy atom. The van der Waals surface area contributed by atoms with Gasteiger partial charge < -0.3 is 15.2 Å². The van der Waals surface area contributed by atoms with Gasteiger partial charge in [0, 0.05) is 12.7 Å². The molecule has 0 aromatic heterocycles. The first-order valence-electron chi connectivity index (χ1n) is 5.70. The summed E-state index contributed by atoms with van der Waals surface area (Å²) in [6.07, 6.45) is 0.708. The number of rotatable bonds is 6. The summed E-state index contributed by atoms with van der Waals surface area (Å²) < 4.78 is 5.01. The van der Waals surface area contributed by atoms with Crippen LogP contribution in [0.25, 0.3) is 0 Å². The van der Waals surface area contributed by atoms with Crippen molar-refractivity contribution in [3.8, 4) is 0 Å². The topological polar surface area (TPSA) is 58.6 Å². The molecule has 0 radical (unpaired) electrons. The highest BCUT2D eigenvalue weighted by Gasteiger charge is 2.11. The lowest BCUT2D eigenvalue weighted by Gasteiger charge is -2.14. The molecule has 0 saturated carbocycles. The summed E-state index contributed by atoms with van der Waals surface area (Å²) in [5.74, 6) is -0.163. The zero-order valence-corrected chi connectivity index (χ0v) is 10.3. The number of methoxy groups -OCH3 is 1. The lowest BCUT2D eigenvalue weighted by Crippen LogP contribution is -2.36. The van der Waals surface area contributed by atoms with Crippen LogP contribution in [0.2, 0.25) is 0 Å². The van der Waals surface area contributed by atoms with E-state index in [0.29, 0.717) is 18.6 Å². The number of aliphatic hydroxyl groups excluding tert-OH is 1. The molecule has 1 atom stereocenters. The molecular formula is C13H19NO3. The predicted molar refractivity (Wildman–Crippen MR) is 65.8 cm³/mol. The van der Waals surface area contributed by atoms with E-state index in [1.54, 1.807) is 19.2 Å². The minimum Gasteiger partial charge on any atom is -0.394 e. The molecular weight excluding hydrogens is 218 g/mol. The number of ether oxygens (including phenoxy) is 1. The highest BCUT2D eigenvalue weighted by molar-refractivity contribution is 5.94. The molecule has 1 aromatic carbocycles. The second-order valence-corrected chi connectivity index (χ2v) is 3.89. The van der Waals surface area contributed by atoms with Gasteiger partial charge in [-0.3, -0.25) is 4.79 Å². The Bertz CT molecular complexity index is 361. The van der Waals surface area contributed by atoms with Crippen LogP contribution in [0.3, 0.4) is 0 Å². The van der Waals surface area contributed by atoms with E-state index in [1.807, 2.05) is 19.1 Å². The van der Waals surface area contributed by atoms with Gasteiger partial charge in [0.2, 0.25) is 0 Å². The molecule has 0 aliphatic rings. The van der Waals surface area contributed by atoms with Gasteiger partial charge in [0.25, 0.3) is 5.91 Å². The first-order valence-corrected chi connectivity index (χ1v) is 5.70. The van der Waals surface area contributed by atoms with Crippen molar-refractivity contribution in [1.29, 1.82) is 0 Å². The number of nitrogens with one attached hydrogen (secondary N) is 1. The monoisotopic (exact) mass is 237 g/mol. The number of amides is 1. The Labute approximate surface area is 102 Å². The SMILES string of the molecule is CCC(CO)NC(=O)c1cccc(COC)c1. The van der Waals surface area contributed by atoms with Gasteiger partial charge in [0.05, 0.1) is 19.3 Å². The van der Waals surface area contributed by atoms with E-state index in [0.717, 1.165) is 5.56 Å². The Morgan fingerprint density at radius 1 is 1.53 bits per heavy atom. The maximum atomic E-state index is 11.9. The van der Waals surface area contributed by atoms with Crippen LogP contribution in [-0.4, -0.2) is 30.8 Å². The number of hydrogen-bond donors (Lipinski definition) is 2. The lowest BCUT2D eigenvalue weighted by atomic mass is 10.1. The van der Waals surface area contributed by atoms with E-state index in [2.05, 4.69) is 5.32 Å². The molecule has 94 valence electrons. The summed E-state index contributed by atoms with van der Waals surface area (Å²) in [5, 5.41) is 11.8. The van der Waals surface area contributed by atoms with Crippen LogP contribution in [0, 0.1) is 0 Å². The average Bonchev–Trinajstić information content (AvgIpc) is 2.36. The summed E-state index contributed by atoms with van der Waals surface area (Å²) in [5.41, 5.74) is 1.55. The van der Waals surface area contributed by atoms with Gasteiger partial charge in [-0.1, -0.05) is 19.1 Å². The first kappa shape index (κ1) is 13.7. The molecule has 0 aliphatic carbocycles. The van der Waals surface area contributed by atoms with Crippen molar-refractivity contribution in [2.24, 2.45) is 0 Å². The van der Waals surface area contributed by atoms with Crippen LogP contribution in [0.1, 0.15) is 29.3 Å². The van der Waals surface area contributed by atoms with Crippen LogP contribution in [-0.2, 0) is 11.3 Å². The van der Waals surface area contributed by atoms with Crippen molar-refractivity contribution in [3.63, 3.8) is 0 Å². The van der Waals surface area contributed by atoms with Crippen LogP contribution in [0.15, 0.2) is 24.3 Å². The summed E-state index contributed by atoms with van der Waals surface area (Å²) in [4.78, 5) is 11.9. The third kappa shape index (κ3) is 4.17. The fourth-order valence-electron chi connectivity index (χ4n) is 1.51. The maximum absolute atomic E-state index is 11.9. The Hall–Kier alpha value is -1.39. The fraction of sp³-hybridized carbons (Fsp3) is 0.462. The molecule has 0 spiro atoms. The van der Waals surface area contributed by atoms with Gasteiger partial charge in [0.1, 0.15) is 0 Å². The highest BCUT2D eigenvalue weighted by atomic mass is 16.5. The summed E-state index contributed by atoms with van der Waals surface area (Å²) in [6, 6.07) is 7.09. The van der Waals surface area contributed by atoms with Gasteiger partial charge in [-0.15, -0.1) is 0 Å². The van der Waals surface area contributed by atoms with Gasteiger partial charge in [-0.05, 0) is 24.1 Å². The second kappa shape index (κ2) is 7.04. The maximum Gasteiger partial charge on any atom is 0.251 e. The highest BCUT2D eigenvalue weighted by Crippen LogP contribution is 2.07. The number of aliphatic hydroxyl groups is 1. The third-order valence-electron chi connectivity index (χ3n) is 2.55. The molecule has 0 heterocycles. The molecule has 1 rings (SSSR count). The van der Waals surface area contributed by atoms with E-state index in [1.165, 1.54) is 0 Å². The minimum atomic E-state index is -0.186. The molecule has 2 N–H and O–H groups in total. The predicted octanol–water partition coefficient (Wildman–Crippen LogP) is 1.33. The number of hydrogen-bond acceptors (Lipinski definition) is 3. The van der Waals surface area contributed by atoms with E-state index in [4.69, 9.17) is 9.84 Å². The van der Waals surface area contributed by atoms with Gasteiger partial charge in [-0.2, -0.15) is 0 Å². The second-order valence-electron chi connectivity index (χ2n) is 3.89. The molecule has 1 aromatic rings. The normalized spacial score (nSPS) is 12.2. The van der Waals surface area contributed by atoms with Crippen molar-refractivity contribution >= 4 is 5.91 Å². The molecule has 0 aliphatic heterocycles. The minimum absolute atomic E-state index is 0.0417. The summed E-state index contributed by atoms with van der Waals surface area (Å²) >= 11 is 0. The molecule has 0 bridgehead atoms. The van der Waals surface area contributed by atoms with E-state index in [-0.39, 0.29) is 18.6 Å². The Kier molecular flexibility index (Phi) is 5.66. The lowest BCUT2D eigenvalue weighted by molar-refractivity contribution is 0.0914. The summed E-state index contributed by atoms with van der Waals surface area (Å²) in [6.45, 7) is 2.36. The van der Waals surface area contributed by atoms with Crippen LogP contribution < -0.4 is 5.32 Å². The van der Waals surface area contributed by atoms with Crippen molar-refractivity contribution in [3.05, 3.63) is 35.4 Å². The van der Waals surface area contributed by atoms with E-state index >= 15 is 0 Å². The zero-order chi connectivity index (χ0) is 12.7. The van der Waals surface area contributed by atoms with Gasteiger partial charge in [-0.25, -0.2) is 0 Å². The molecule has 4 heteroatoms. The molecule has 4 nitrogen and oxygen atoms in total. The van der Waals surface area contributed by atoms with E-state index < -0.39 is 0 Å². The first-order chi connectivity index (χ1) is 8.21. The Balaban J connectivity index is 2.71. The number of carbonyl (C=O) groups excluding carboxylic acids is 1. The van der Waals surface area contributed by atoms with Crippen molar-refractivity contribution in [2.45, 2.75) is 26.0 Å². The van der Waals surface area contributed by atoms with Crippen LogP contribution >= 0.6 is 0 Å². The average molecular weight is 237 g/mol. The summed E-state index contributed by atoms with van der Waals surface area (Å²) in [7, 11) is 1.62. The van der Waals surface area contributed by atoms with Crippen molar-refractivity contribution in [2.75, 3.05) is 13.7 Å². The van der Waals surface area contributed by atoms with Crippen molar-refractivity contribution < 1.29 is 14.6 Å². The smallest absolute Gasteiger partial charge is 0.251 e. The van der Waals surface area contributed by atoms with E-state index in [9.17, 15) is 4.79 Å². The largest absolute Gasteiger partial charge is 0.394 e. The Morgan fingerprint density at radius 3 is 2.88 bits per heavy atom. The van der Waals surface area contributed by atoms with Crippen LogP contribution in [0.5, 0.6) is 0 Å². The van der Waals surface area contributed by atoms with Crippen LogP contribution in [0.4, 0.5) is 0 Å². The molecule has 1 unspecified atom stereocenters. The number of benzene rings is 1. The fourth-order valence-corrected chi connectivity index (χ4v) is 1.51. The third-order valence-corrected chi connectivity index (χ3v) is 2.55. The zero-order valence-electron chi connectivity index (χ0n) is 10.3.